The number of rotatable bonds is 3. The van der Waals surface area contributed by atoms with Crippen LogP contribution < -0.4 is 0 Å². The molecule has 24 heavy (non-hydrogen) atoms. The lowest BCUT2D eigenvalue weighted by Gasteiger charge is -2.27. The van der Waals surface area contributed by atoms with Crippen molar-refractivity contribution in [3.8, 4) is 6.07 Å². The number of carbonyl (C=O) groups is 2. The first kappa shape index (κ1) is 16.3. The van der Waals surface area contributed by atoms with Crippen LogP contribution in [0.4, 0.5) is 0 Å². The molecule has 3 rings (SSSR count). The molecule has 1 heterocycles. The Labute approximate surface area is 140 Å². The number of para-hydroxylation sites is 1. The second-order valence-corrected chi connectivity index (χ2v) is 6.31. The van der Waals surface area contributed by atoms with Crippen LogP contribution in [0.15, 0.2) is 24.3 Å². The molecule has 0 fully saturated rings. The van der Waals surface area contributed by atoms with Gasteiger partial charge in [0.05, 0.1) is 13.2 Å². The number of carbonyl (C=O) groups excluding carboxylic acids is 2. The van der Waals surface area contributed by atoms with Gasteiger partial charge in [0.25, 0.3) is 0 Å². The van der Waals surface area contributed by atoms with Gasteiger partial charge in [-0.25, -0.2) is 0 Å². The Hall–Kier alpha value is -2.61. The first-order valence-corrected chi connectivity index (χ1v) is 8.13. The lowest BCUT2D eigenvalue weighted by molar-refractivity contribution is -0.150. The number of aromatic nitrogens is 1. The molecule has 5 heteroatoms. The number of Topliss-reactive ketones (excluding diaryl/α,β-unsaturated/α-hetero) is 1. The van der Waals surface area contributed by atoms with Crippen molar-refractivity contribution < 1.29 is 14.3 Å². The van der Waals surface area contributed by atoms with Crippen LogP contribution in [0.2, 0.25) is 0 Å². The van der Waals surface area contributed by atoms with Gasteiger partial charge in [0.15, 0.2) is 5.78 Å². The SMILES string of the molecule is COC(=O)C1(CCC#N)CCCc2c(c3ccccc3n2C)C1=O. The van der Waals surface area contributed by atoms with Gasteiger partial charge in [-0.05, 0) is 31.7 Å². The van der Waals surface area contributed by atoms with E-state index in [0.29, 0.717) is 18.4 Å². The molecule has 0 saturated heterocycles. The highest BCUT2D eigenvalue weighted by Gasteiger charge is 2.49. The number of nitrogens with zero attached hydrogens (tertiary/aromatic N) is 2. The number of ether oxygens (including phenoxy) is 1. The highest BCUT2D eigenvalue weighted by atomic mass is 16.5. The minimum absolute atomic E-state index is 0.154. The maximum absolute atomic E-state index is 13.5. The second kappa shape index (κ2) is 6.12. The molecule has 1 aliphatic rings. The molecule has 5 nitrogen and oxygen atoms in total. The first-order valence-electron chi connectivity index (χ1n) is 8.13. The van der Waals surface area contributed by atoms with Crippen molar-refractivity contribution >= 4 is 22.7 Å². The van der Waals surface area contributed by atoms with Crippen molar-refractivity contribution in [2.75, 3.05) is 7.11 Å². The Morgan fingerprint density at radius 1 is 1.42 bits per heavy atom. The summed E-state index contributed by atoms with van der Waals surface area (Å²) < 4.78 is 7.02. The highest BCUT2D eigenvalue weighted by molar-refractivity contribution is 6.19. The molecule has 0 radical (unpaired) electrons. The molecule has 0 aliphatic heterocycles. The van der Waals surface area contributed by atoms with E-state index >= 15 is 0 Å². The van der Waals surface area contributed by atoms with Gasteiger partial charge in [0, 0.05) is 35.6 Å². The fraction of sp³-hybridized carbons (Fsp3) is 0.421. The van der Waals surface area contributed by atoms with Gasteiger partial charge in [0.2, 0.25) is 0 Å². The predicted octanol–water partition coefficient (Wildman–Crippen LogP) is 3.16. The molecule has 1 atom stereocenters. The van der Waals surface area contributed by atoms with E-state index in [1.54, 1.807) is 0 Å². The average Bonchev–Trinajstić information content (AvgIpc) is 2.79. The molecule has 1 aliphatic carbocycles. The molecule has 124 valence electrons. The van der Waals surface area contributed by atoms with E-state index in [4.69, 9.17) is 10.00 Å². The third kappa shape index (κ3) is 2.22. The van der Waals surface area contributed by atoms with Crippen LogP contribution in [-0.2, 0) is 23.0 Å². The van der Waals surface area contributed by atoms with Crippen LogP contribution in [0.1, 0.15) is 41.7 Å². The molecule has 0 spiro atoms. The van der Waals surface area contributed by atoms with Crippen molar-refractivity contribution in [2.45, 2.75) is 32.1 Å². The highest BCUT2D eigenvalue weighted by Crippen LogP contribution is 2.42. The zero-order chi connectivity index (χ0) is 17.3. The van der Waals surface area contributed by atoms with E-state index in [9.17, 15) is 9.59 Å². The van der Waals surface area contributed by atoms with E-state index in [1.807, 2.05) is 35.9 Å². The number of hydrogen-bond acceptors (Lipinski definition) is 4. The molecular weight excluding hydrogens is 304 g/mol. The van der Waals surface area contributed by atoms with E-state index in [1.165, 1.54) is 7.11 Å². The van der Waals surface area contributed by atoms with Crippen molar-refractivity contribution in [1.82, 2.24) is 4.57 Å². The molecular formula is C19H20N2O3. The molecule has 0 N–H and O–H groups in total. The maximum Gasteiger partial charge on any atom is 0.319 e. The van der Waals surface area contributed by atoms with Gasteiger partial charge in [-0.2, -0.15) is 5.26 Å². The van der Waals surface area contributed by atoms with Crippen LogP contribution in [0, 0.1) is 16.7 Å². The standard InChI is InChI=1S/C19H20N2O3/c1-21-14-8-4-3-7-13(14)16-15(21)9-5-10-19(17(16)22,11-6-12-20)18(23)24-2/h3-4,7-8H,5-6,9-11H2,1-2H3. The number of aryl methyl sites for hydroxylation is 1. The zero-order valence-electron chi connectivity index (χ0n) is 14.0. The summed E-state index contributed by atoms with van der Waals surface area (Å²) in [6, 6.07) is 9.80. The quantitative estimate of drug-likeness (QED) is 0.494. The third-order valence-electron chi connectivity index (χ3n) is 5.15. The van der Waals surface area contributed by atoms with Crippen LogP contribution >= 0.6 is 0 Å². The van der Waals surface area contributed by atoms with Crippen LogP contribution in [-0.4, -0.2) is 23.4 Å². The number of esters is 1. The van der Waals surface area contributed by atoms with E-state index in [2.05, 4.69) is 6.07 Å². The Bertz CT molecular complexity index is 859. The van der Waals surface area contributed by atoms with E-state index < -0.39 is 11.4 Å². The summed E-state index contributed by atoms with van der Waals surface area (Å²) >= 11 is 0. The van der Waals surface area contributed by atoms with Crippen molar-refractivity contribution in [2.24, 2.45) is 12.5 Å². The topological polar surface area (TPSA) is 72.1 Å². The fourth-order valence-electron chi connectivity index (χ4n) is 3.90. The van der Waals surface area contributed by atoms with Gasteiger partial charge < -0.3 is 9.30 Å². The van der Waals surface area contributed by atoms with E-state index in [-0.39, 0.29) is 18.6 Å². The number of methoxy groups -OCH3 is 1. The van der Waals surface area contributed by atoms with Gasteiger partial charge in [-0.3, -0.25) is 9.59 Å². The third-order valence-corrected chi connectivity index (χ3v) is 5.15. The number of benzene rings is 1. The van der Waals surface area contributed by atoms with Gasteiger partial charge in [-0.15, -0.1) is 0 Å². The summed E-state index contributed by atoms with van der Waals surface area (Å²) in [5, 5.41) is 9.84. The number of hydrogen-bond donors (Lipinski definition) is 0. The smallest absolute Gasteiger partial charge is 0.319 e. The minimum atomic E-state index is -1.25. The van der Waals surface area contributed by atoms with Gasteiger partial charge in [0.1, 0.15) is 5.41 Å². The van der Waals surface area contributed by atoms with Gasteiger partial charge in [-0.1, -0.05) is 18.2 Å². The molecule has 2 aromatic rings. The number of ketones is 1. The summed E-state index contributed by atoms with van der Waals surface area (Å²) in [6.07, 6.45) is 2.22. The average molecular weight is 324 g/mol. The monoisotopic (exact) mass is 324 g/mol. The van der Waals surface area contributed by atoms with E-state index in [0.717, 1.165) is 23.0 Å². The second-order valence-electron chi connectivity index (χ2n) is 6.31. The molecule has 1 unspecified atom stereocenters. The molecule has 0 amide bonds. The Kier molecular flexibility index (Phi) is 4.15. The normalized spacial score (nSPS) is 20.3. The molecule has 1 aromatic carbocycles. The van der Waals surface area contributed by atoms with Crippen molar-refractivity contribution in [3.63, 3.8) is 0 Å². The van der Waals surface area contributed by atoms with Gasteiger partial charge >= 0.3 is 5.97 Å². The summed E-state index contributed by atoms with van der Waals surface area (Å²) in [5.41, 5.74) is 1.31. The Morgan fingerprint density at radius 2 is 2.17 bits per heavy atom. The fourth-order valence-corrected chi connectivity index (χ4v) is 3.90. The van der Waals surface area contributed by atoms with Crippen molar-refractivity contribution in [3.05, 3.63) is 35.5 Å². The van der Waals surface area contributed by atoms with Crippen LogP contribution in [0.25, 0.3) is 10.9 Å². The first-order chi connectivity index (χ1) is 11.6. The molecule has 1 aromatic heterocycles. The predicted molar refractivity (Wildman–Crippen MR) is 89.5 cm³/mol. The largest absolute Gasteiger partial charge is 0.468 e. The molecule has 0 bridgehead atoms. The maximum atomic E-state index is 13.5. The zero-order valence-corrected chi connectivity index (χ0v) is 14.0. The lowest BCUT2D eigenvalue weighted by Crippen LogP contribution is -2.40. The number of fused-ring (bicyclic) bond motifs is 3. The summed E-state index contributed by atoms with van der Waals surface area (Å²) in [5.74, 6) is -0.725. The Morgan fingerprint density at radius 3 is 2.88 bits per heavy atom. The Balaban J connectivity index is 2.24. The summed E-state index contributed by atoms with van der Waals surface area (Å²) in [6.45, 7) is 0. The molecule has 0 saturated carbocycles. The van der Waals surface area contributed by atoms with Crippen LogP contribution in [0.5, 0.6) is 0 Å². The van der Waals surface area contributed by atoms with Crippen LogP contribution in [0.3, 0.4) is 0 Å². The lowest BCUT2D eigenvalue weighted by atomic mass is 9.74. The van der Waals surface area contributed by atoms with Crippen molar-refractivity contribution in [1.29, 1.82) is 5.26 Å². The summed E-state index contributed by atoms with van der Waals surface area (Å²) in [7, 11) is 3.26. The minimum Gasteiger partial charge on any atom is -0.468 e. The number of nitriles is 1. The summed E-state index contributed by atoms with van der Waals surface area (Å²) in [4.78, 5) is 26.0.